The second kappa shape index (κ2) is 10.4. The van der Waals surface area contributed by atoms with Crippen molar-refractivity contribution in [2.75, 3.05) is 33.2 Å². The molecule has 2 rings (SSSR count). The van der Waals surface area contributed by atoms with Crippen molar-refractivity contribution in [1.29, 1.82) is 0 Å². The molecule has 2 heterocycles. The summed E-state index contributed by atoms with van der Waals surface area (Å²) < 4.78 is 0. The largest absolute Gasteiger partial charge is 0.343 e. The minimum Gasteiger partial charge on any atom is -0.343 e. The zero-order valence-corrected chi connectivity index (χ0v) is 17.1. The van der Waals surface area contributed by atoms with Crippen LogP contribution < -0.4 is 5.32 Å². The highest BCUT2D eigenvalue weighted by Gasteiger charge is 2.31. The zero-order valence-electron chi connectivity index (χ0n) is 16.3. The number of halogens is 1. The van der Waals surface area contributed by atoms with Crippen molar-refractivity contribution in [3.05, 3.63) is 0 Å². The lowest BCUT2D eigenvalue weighted by molar-refractivity contribution is -0.141. The van der Waals surface area contributed by atoms with Crippen molar-refractivity contribution < 1.29 is 9.59 Å². The molecule has 0 radical (unpaired) electrons. The molecule has 0 aromatic rings. The van der Waals surface area contributed by atoms with Gasteiger partial charge in [0.05, 0.1) is 0 Å². The predicted octanol–water partition coefficient (Wildman–Crippen LogP) is 2.54. The van der Waals surface area contributed by atoms with E-state index in [0.29, 0.717) is 18.3 Å². The first-order chi connectivity index (χ1) is 11.4. The van der Waals surface area contributed by atoms with Gasteiger partial charge in [-0.2, -0.15) is 0 Å². The Balaban J connectivity index is 0.00000312. The average Bonchev–Trinajstić information content (AvgIpc) is 2.61. The van der Waals surface area contributed by atoms with Crippen LogP contribution >= 0.6 is 12.4 Å². The minimum absolute atomic E-state index is 0. The molecule has 2 fully saturated rings. The van der Waals surface area contributed by atoms with E-state index in [-0.39, 0.29) is 36.2 Å². The second-order valence-corrected chi connectivity index (χ2v) is 7.97. The number of rotatable bonds is 5. The van der Waals surface area contributed by atoms with Crippen molar-refractivity contribution in [1.82, 2.24) is 15.1 Å². The molecule has 1 N–H and O–H groups in total. The smallest absolute Gasteiger partial charge is 0.225 e. The van der Waals surface area contributed by atoms with Crippen LogP contribution in [0.1, 0.15) is 52.9 Å². The van der Waals surface area contributed by atoms with E-state index < -0.39 is 0 Å². The highest BCUT2D eigenvalue weighted by Crippen LogP contribution is 2.26. The molecule has 0 saturated carbocycles. The normalized spacial score (nSPS) is 20.9. The van der Waals surface area contributed by atoms with Crippen LogP contribution in [0.25, 0.3) is 0 Å². The van der Waals surface area contributed by atoms with Gasteiger partial charge in [-0.1, -0.05) is 6.92 Å². The van der Waals surface area contributed by atoms with Gasteiger partial charge in [-0.15, -0.1) is 12.4 Å². The summed E-state index contributed by atoms with van der Waals surface area (Å²) in [4.78, 5) is 28.8. The molecule has 5 nitrogen and oxygen atoms in total. The standard InChI is InChI=1S/C19H35N3O2.ClH/c1-14(2)21(4)19(24)17-7-11-22(12-8-17)18(23)13-15(3)16-5-9-20-10-6-16;/h14-17,20H,5-13H2,1-4H3;1H. The number of carbonyl (C=O) groups is 2. The van der Waals surface area contributed by atoms with E-state index in [4.69, 9.17) is 0 Å². The fourth-order valence-electron chi connectivity index (χ4n) is 3.90. The Bertz CT molecular complexity index is 430. The SMILES string of the molecule is CC(CC(=O)N1CCC(C(=O)N(C)C(C)C)CC1)C1CCNCC1.Cl. The van der Waals surface area contributed by atoms with Crippen LogP contribution in [0.5, 0.6) is 0 Å². The van der Waals surface area contributed by atoms with Crippen molar-refractivity contribution in [3.63, 3.8) is 0 Å². The van der Waals surface area contributed by atoms with Crippen LogP contribution in [0.4, 0.5) is 0 Å². The van der Waals surface area contributed by atoms with Crippen LogP contribution in [-0.2, 0) is 9.59 Å². The van der Waals surface area contributed by atoms with Gasteiger partial charge in [0.1, 0.15) is 0 Å². The summed E-state index contributed by atoms with van der Waals surface area (Å²) in [6.45, 7) is 9.94. The molecule has 146 valence electrons. The highest BCUT2D eigenvalue weighted by molar-refractivity contribution is 5.85. The summed E-state index contributed by atoms with van der Waals surface area (Å²) in [6, 6.07) is 0.239. The van der Waals surface area contributed by atoms with Gasteiger partial charge in [0.25, 0.3) is 0 Å². The van der Waals surface area contributed by atoms with Crippen LogP contribution in [0, 0.1) is 17.8 Å². The molecule has 6 heteroatoms. The molecule has 0 aliphatic carbocycles. The molecule has 2 aliphatic rings. The van der Waals surface area contributed by atoms with Crippen LogP contribution in [0.3, 0.4) is 0 Å². The van der Waals surface area contributed by atoms with Crippen molar-refractivity contribution in [2.45, 2.75) is 58.9 Å². The Morgan fingerprint density at radius 2 is 1.64 bits per heavy atom. The quantitative estimate of drug-likeness (QED) is 0.805. The number of hydrogen-bond donors (Lipinski definition) is 1. The number of carbonyl (C=O) groups excluding carboxylic acids is 2. The summed E-state index contributed by atoms with van der Waals surface area (Å²) in [5, 5.41) is 3.39. The summed E-state index contributed by atoms with van der Waals surface area (Å²) >= 11 is 0. The van der Waals surface area contributed by atoms with Crippen molar-refractivity contribution >= 4 is 24.2 Å². The molecule has 25 heavy (non-hydrogen) atoms. The van der Waals surface area contributed by atoms with Crippen molar-refractivity contribution in [2.24, 2.45) is 17.8 Å². The molecule has 1 atom stereocenters. The number of nitrogens with zero attached hydrogens (tertiary/aromatic N) is 2. The summed E-state index contributed by atoms with van der Waals surface area (Å²) in [7, 11) is 1.88. The highest BCUT2D eigenvalue weighted by atomic mass is 35.5. The van der Waals surface area contributed by atoms with E-state index >= 15 is 0 Å². The summed E-state index contributed by atoms with van der Waals surface area (Å²) in [5.74, 6) is 1.74. The lowest BCUT2D eigenvalue weighted by Crippen LogP contribution is -2.45. The van der Waals surface area contributed by atoms with E-state index in [0.717, 1.165) is 39.0 Å². The number of amides is 2. The van der Waals surface area contributed by atoms with E-state index in [1.807, 2.05) is 30.7 Å². The maximum atomic E-state index is 12.6. The first-order valence-corrected chi connectivity index (χ1v) is 9.65. The van der Waals surface area contributed by atoms with Gasteiger partial charge in [-0.05, 0) is 64.5 Å². The summed E-state index contributed by atoms with van der Waals surface area (Å²) in [5.41, 5.74) is 0. The van der Waals surface area contributed by atoms with Gasteiger partial charge in [-0.3, -0.25) is 9.59 Å². The Labute approximate surface area is 159 Å². The van der Waals surface area contributed by atoms with Gasteiger partial charge in [0.15, 0.2) is 0 Å². The molecular formula is C19H36ClN3O2. The van der Waals surface area contributed by atoms with Crippen LogP contribution in [0.15, 0.2) is 0 Å². The van der Waals surface area contributed by atoms with Crippen LogP contribution in [0.2, 0.25) is 0 Å². The molecule has 2 aliphatic heterocycles. The Morgan fingerprint density at radius 1 is 1.08 bits per heavy atom. The molecule has 0 aromatic carbocycles. The third-order valence-electron chi connectivity index (χ3n) is 6.00. The minimum atomic E-state index is 0. The lowest BCUT2D eigenvalue weighted by Gasteiger charge is -2.35. The number of hydrogen-bond acceptors (Lipinski definition) is 3. The Morgan fingerprint density at radius 3 is 2.16 bits per heavy atom. The van der Waals surface area contributed by atoms with E-state index in [1.165, 1.54) is 12.8 Å². The van der Waals surface area contributed by atoms with Crippen molar-refractivity contribution in [3.8, 4) is 0 Å². The maximum absolute atomic E-state index is 12.6. The van der Waals surface area contributed by atoms with E-state index in [1.54, 1.807) is 0 Å². The van der Waals surface area contributed by atoms with Gasteiger partial charge in [-0.25, -0.2) is 0 Å². The fraction of sp³-hybridized carbons (Fsp3) is 0.895. The number of nitrogens with one attached hydrogen (secondary N) is 1. The van der Waals surface area contributed by atoms with E-state index in [2.05, 4.69) is 12.2 Å². The third kappa shape index (κ3) is 6.14. The second-order valence-electron chi connectivity index (χ2n) is 7.97. The van der Waals surface area contributed by atoms with Crippen LogP contribution in [-0.4, -0.2) is 60.9 Å². The Kier molecular flexibility index (Phi) is 9.22. The van der Waals surface area contributed by atoms with Gasteiger partial charge >= 0.3 is 0 Å². The molecule has 2 amide bonds. The number of piperidine rings is 2. The maximum Gasteiger partial charge on any atom is 0.225 e. The number of likely N-dealkylation sites (tertiary alicyclic amines) is 1. The first-order valence-electron chi connectivity index (χ1n) is 9.65. The Hall–Kier alpha value is -0.810. The molecule has 1 unspecified atom stereocenters. The fourth-order valence-corrected chi connectivity index (χ4v) is 3.90. The molecule has 0 aromatic heterocycles. The zero-order chi connectivity index (χ0) is 17.7. The van der Waals surface area contributed by atoms with Gasteiger partial charge in [0.2, 0.25) is 11.8 Å². The molecule has 0 spiro atoms. The molecule has 2 saturated heterocycles. The van der Waals surface area contributed by atoms with Gasteiger partial charge < -0.3 is 15.1 Å². The third-order valence-corrected chi connectivity index (χ3v) is 6.00. The average molecular weight is 374 g/mol. The summed E-state index contributed by atoms with van der Waals surface area (Å²) in [6.07, 6.45) is 4.65. The monoisotopic (exact) mass is 373 g/mol. The van der Waals surface area contributed by atoms with Gasteiger partial charge in [0, 0.05) is 38.5 Å². The van der Waals surface area contributed by atoms with E-state index in [9.17, 15) is 9.59 Å². The topological polar surface area (TPSA) is 52.7 Å². The first kappa shape index (κ1) is 22.2. The molecule has 0 bridgehead atoms. The predicted molar refractivity (Wildman–Crippen MR) is 104 cm³/mol. The molecular weight excluding hydrogens is 338 g/mol. The lowest BCUT2D eigenvalue weighted by atomic mass is 9.83.